The van der Waals surface area contributed by atoms with Crippen LogP contribution in [0.2, 0.25) is 0 Å². The van der Waals surface area contributed by atoms with Gasteiger partial charge in [-0.1, -0.05) is 20.8 Å². The third kappa shape index (κ3) is 3.85. The number of hydrogen-bond donors (Lipinski definition) is 1. The quantitative estimate of drug-likeness (QED) is 0.910. The number of nitrogens with zero attached hydrogens (tertiary/aromatic N) is 2. The van der Waals surface area contributed by atoms with E-state index in [1.54, 1.807) is 0 Å². The van der Waals surface area contributed by atoms with Crippen LogP contribution in [0.25, 0.3) is 0 Å². The number of aromatic nitrogens is 2. The smallest absolute Gasteiger partial charge is 0.0537 e. The van der Waals surface area contributed by atoms with E-state index < -0.39 is 0 Å². The number of nitrogens with one attached hydrogen (secondary N) is 1. The summed E-state index contributed by atoms with van der Waals surface area (Å²) in [5, 5.41) is 7.92. The minimum Gasteiger partial charge on any atom is -0.312 e. The molecule has 0 saturated heterocycles. The maximum atomic E-state index is 4.30. The van der Waals surface area contributed by atoms with Gasteiger partial charge in [-0.15, -0.1) is 0 Å². The highest BCUT2D eigenvalue weighted by Crippen LogP contribution is 2.39. The molecule has 1 fully saturated rings. The third-order valence-electron chi connectivity index (χ3n) is 5.16. The van der Waals surface area contributed by atoms with Crippen molar-refractivity contribution < 1.29 is 0 Å². The maximum Gasteiger partial charge on any atom is 0.0537 e. The van der Waals surface area contributed by atoms with E-state index in [0.717, 1.165) is 24.9 Å². The van der Waals surface area contributed by atoms with Crippen molar-refractivity contribution >= 4 is 0 Å². The lowest BCUT2D eigenvalue weighted by Gasteiger charge is -2.37. The van der Waals surface area contributed by atoms with Crippen LogP contribution in [0, 0.1) is 24.2 Å². The summed E-state index contributed by atoms with van der Waals surface area (Å²) in [4.78, 5) is 0. The monoisotopic (exact) mass is 277 g/mol. The van der Waals surface area contributed by atoms with Crippen LogP contribution in [-0.2, 0) is 13.6 Å². The van der Waals surface area contributed by atoms with Gasteiger partial charge in [0.1, 0.15) is 0 Å². The Labute approximate surface area is 124 Å². The van der Waals surface area contributed by atoms with Crippen molar-refractivity contribution in [1.29, 1.82) is 0 Å². The zero-order valence-electron chi connectivity index (χ0n) is 13.9. The molecule has 0 bridgehead atoms. The predicted octanol–water partition coefficient (Wildman–Crippen LogP) is 3.67. The van der Waals surface area contributed by atoms with Crippen molar-refractivity contribution in [3.05, 3.63) is 17.5 Å². The fourth-order valence-corrected chi connectivity index (χ4v) is 3.36. The van der Waals surface area contributed by atoms with E-state index in [0.29, 0.717) is 5.41 Å². The van der Waals surface area contributed by atoms with Gasteiger partial charge >= 0.3 is 0 Å². The van der Waals surface area contributed by atoms with Crippen molar-refractivity contribution in [2.24, 2.45) is 24.3 Å². The lowest BCUT2D eigenvalue weighted by Crippen LogP contribution is -2.30. The van der Waals surface area contributed by atoms with Crippen LogP contribution in [0.4, 0.5) is 0 Å². The minimum atomic E-state index is 0.491. The summed E-state index contributed by atoms with van der Waals surface area (Å²) in [5.41, 5.74) is 3.09. The molecular formula is C17H31N3. The van der Waals surface area contributed by atoms with Gasteiger partial charge in [0.25, 0.3) is 0 Å². The standard InChI is InChI=1S/C17H31N3/c1-13-15(12-19-20(13)5)11-18-10-14-6-8-16(9-7-14)17(2,3)4/h12,14,16,18H,6-11H2,1-5H3. The Morgan fingerprint density at radius 3 is 2.40 bits per heavy atom. The molecule has 1 saturated carbocycles. The maximum absolute atomic E-state index is 4.30. The van der Waals surface area contributed by atoms with Gasteiger partial charge in [0.05, 0.1) is 6.20 Å². The third-order valence-corrected chi connectivity index (χ3v) is 5.16. The molecule has 0 aromatic carbocycles. The highest BCUT2D eigenvalue weighted by Gasteiger charge is 2.29. The van der Waals surface area contributed by atoms with Crippen molar-refractivity contribution in [1.82, 2.24) is 15.1 Å². The average molecular weight is 277 g/mol. The summed E-state index contributed by atoms with van der Waals surface area (Å²) in [7, 11) is 2.01. The molecule has 0 spiro atoms. The Morgan fingerprint density at radius 2 is 1.90 bits per heavy atom. The zero-order valence-corrected chi connectivity index (χ0v) is 13.9. The van der Waals surface area contributed by atoms with E-state index in [1.165, 1.54) is 36.9 Å². The molecule has 1 aliphatic rings. The van der Waals surface area contributed by atoms with E-state index in [1.807, 2.05) is 17.9 Å². The first-order valence-electron chi connectivity index (χ1n) is 8.06. The van der Waals surface area contributed by atoms with Gasteiger partial charge in [-0.25, -0.2) is 0 Å². The van der Waals surface area contributed by atoms with Crippen molar-refractivity contribution in [3.8, 4) is 0 Å². The molecule has 3 nitrogen and oxygen atoms in total. The van der Waals surface area contributed by atoms with Gasteiger partial charge in [0.15, 0.2) is 0 Å². The second kappa shape index (κ2) is 6.30. The lowest BCUT2D eigenvalue weighted by molar-refractivity contribution is 0.149. The van der Waals surface area contributed by atoms with Crippen LogP contribution in [-0.4, -0.2) is 16.3 Å². The van der Waals surface area contributed by atoms with Crippen molar-refractivity contribution in [3.63, 3.8) is 0 Å². The summed E-state index contributed by atoms with van der Waals surface area (Å²) in [6.07, 6.45) is 7.57. The molecule has 3 heteroatoms. The van der Waals surface area contributed by atoms with Gasteiger partial charge < -0.3 is 5.32 Å². The zero-order chi connectivity index (χ0) is 14.8. The van der Waals surface area contributed by atoms with E-state index in [4.69, 9.17) is 0 Å². The Bertz CT molecular complexity index is 420. The summed E-state index contributed by atoms with van der Waals surface area (Å²) < 4.78 is 1.95. The summed E-state index contributed by atoms with van der Waals surface area (Å²) in [5.74, 6) is 1.78. The average Bonchev–Trinajstić information content (AvgIpc) is 2.70. The Kier molecular flexibility index (Phi) is 4.90. The number of rotatable bonds is 4. The van der Waals surface area contributed by atoms with Crippen LogP contribution in [0.15, 0.2) is 6.20 Å². The van der Waals surface area contributed by atoms with Crippen LogP contribution in [0.3, 0.4) is 0 Å². The molecule has 1 heterocycles. The lowest BCUT2D eigenvalue weighted by atomic mass is 9.70. The van der Waals surface area contributed by atoms with Crippen molar-refractivity contribution in [2.75, 3.05) is 6.54 Å². The molecule has 1 aliphatic carbocycles. The van der Waals surface area contributed by atoms with Gasteiger partial charge in [-0.05, 0) is 56.4 Å². The molecule has 0 aliphatic heterocycles. The molecule has 1 N–H and O–H groups in total. The molecule has 1 aromatic heterocycles. The van der Waals surface area contributed by atoms with E-state index in [9.17, 15) is 0 Å². The molecule has 0 unspecified atom stereocenters. The summed E-state index contributed by atoms with van der Waals surface area (Å²) in [6, 6.07) is 0. The Hall–Kier alpha value is -0.830. The molecule has 20 heavy (non-hydrogen) atoms. The minimum absolute atomic E-state index is 0.491. The van der Waals surface area contributed by atoms with Gasteiger partial charge in [-0.3, -0.25) is 4.68 Å². The first kappa shape index (κ1) is 15.6. The molecule has 0 radical (unpaired) electrons. The van der Waals surface area contributed by atoms with Crippen LogP contribution < -0.4 is 5.32 Å². The second-order valence-electron chi connectivity index (χ2n) is 7.59. The molecular weight excluding hydrogens is 246 g/mol. The van der Waals surface area contributed by atoms with E-state index >= 15 is 0 Å². The molecule has 1 aromatic rings. The van der Waals surface area contributed by atoms with E-state index in [2.05, 4.69) is 38.1 Å². The molecule has 0 amide bonds. The van der Waals surface area contributed by atoms with Crippen LogP contribution in [0.1, 0.15) is 57.7 Å². The van der Waals surface area contributed by atoms with Gasteiger partial charge in [0, 0.05) is 24.8 Å². The predicted molar refractivity (Wildman–Crippen MR) is 84.6 cm³/mol. The molecule has 114 valence electrons. The summed E-state index contributed by atoms with van der Waals surface area (Å²) >= 11 is 0. The normalized spacial score (nSPS) is 24.1. The summed E-state index contributed by atoms with van der Waals surface area (Å²) in [6.45, 7) is 11.4. The first-order valence-corrected chi connectivity index (χ1v) is 8.06. The highest BCUT2D eigenvalue weighted by atomic mass is 15.3. The Balaban J connectivity index is 1.70. The fourth-order valence-electron chi connectivity index (χ4n) is 3.36. The van der Waals surface area contributed by atoms with Crippen LogP contribution in [0.5, 0.6) is 0 Å². The van der Waals surface area contributed by atoms with Gasteiger partial charge in [0.2, 0.25) is 0 Å². The fraction of sp³-hybridized carbons (Fsp3) is 0.824. The SMILES string of the molecule is Cc1c(CNCC2CCC(C(C)(C)C)CC2)cnn1C. The number of hydrogen-bond acceptors (Lipinski definition) is 2. The Morgan fingerprint density at radius 1 is 1.25 bits per heavy atom. The first-order chi connectivity index (χ1) is 9.38. The largest absolute Gasteiger partial charge is 0.312 e. The topological polar surface area (TPSA) is 29.9 Å². The molecule has 0 atom stereocenters. The molecule has 2 rings (SSSR count). The number of aryl methyl sites for hydroxylation is 1. The van der Waals surface area contributed by atoms with Crippen LogP contribution >= 0.6 is 0 Å². The highest BCUT2D eigenvalue weighted by molar-refractivity contribution is 5.15. The van der Waals surface area contributed by atoms with Crippen molar-refractivity contribution in [2.45, 2.75) is 59.9 Å². The van der Waals surface area contributed by atoms with Gasteiger partial charge in [-0.2, -0.15) is 5.10 Å². The second-order valence-corrected chi connectivity index (χ2v) is 7.59. The van der Waals surface area contributed by atoms with E-state index in [-0.39, 0.29) is 0 Å².